The van der Waals surface area contributed by atoms with Gasteiger partial charge in [-0.2, -0.15) is 4.98 Å². The molecule has 1 unspecified atom stereocenters. The molecule has 0 bridgehead atoms. The number of ether oxygens (including phenoxy) is 1. The lowest BCUT2D eigenvalue weighted by Gasteiger charge is -2.24. The van der Waals surface area contributed by atoms with Crippen LogP contribution in [0.3, 0.4) is 0 Å². The van der Waals surface area contributed by atoms with E-state index >= 15 is 0 Å². The van der Waals surface area contributed by atoms with Crippen molar-refractivity contribution >= 4 is 23.5 Å². The van der Waals surface area contributed by atoms with Crippen molar-refractivity contribution in [3.05, 3.63) is 11.2 Å². The van der Waals surface area contributed by atoms with Crippen LogP contribution in [0.1, 0.15) is 19.8 Å². The van der Waals surface area contributed by atoms with Crippen molar-refractivity contribution < 1.29 is 9.53 Å². The number of rotatable bonds is 4. The molecular weight excluding hydrogens is 268 g/mol. The number of carbonyl (C=O) groups is 1. The molecule has 6 nitrogen and oxygen atoms in total. The number of hydrogen-bond donors (Lipinski definition) is 2. The van der Waals surface area contributed by atoms with Gasteiger partial charge in [0.2, 0.25) is 17.7 Å². The minimum atomic E-state index is -0.390. The van der Waals surface area contributed by atoms with Crippen molar-refractivity contribution in [3.63, 3.8) is 0 Å². The highest BCUT2D eigenvalue weighted by molar-refractivity contribution is 6.29. The standard InChI is InChI=1S/C12H17ClN4O2/c1-3-12(4-5-14-7-12)10(18)17-11-15-8(13)6-9(16-11)19-2/h6,14H,3-5,7H2,1-2H3,(H,15,16,17,18). The Kier molecular flexibility index (Phi) is 4.21. The number of nitrogens with one attached hydrogen (secondary N) is 2. The molecule has 0 radical (unpaired) electrons. The summed E-state index contributed by atoms with van der Waals surface area (Å²) in [6.07, 6.45) is 1.58. The van der Waals surface area contributed by atoms with Gasteiger partial charge in [0, 0.05) is 12.6 Å². The molecule has 7 heteroatoms. The van der Waals surface area contributed by atoms with Crippen LogP contribution in [0.2, 0.25) is 5.15 Å². The van der Waals surface area contributed by atoms with E-state index in [0.29, 0.717) is 12.4 Å². The van der Waals surface area contributed by atoms with Gasteiger partial charge in [-0.3, -0.25) is 10.1 Å². The second-order valence-corrected chi connectivity index (χ2v) is 4.96. The van der Waals surface area contributed by atoms with Crippen LogP contribution in [0.4, 0.5) is 5.95 Å². The number of carbonyl (C=O) groups excluding carboxylic acids is 1. The molecule has 1 fully saturated rings. The topological polar surface area (TPSA) is 76.1 Å². The fourth-order valence-corrected chi connectivity index (χ4v) is 2.36. The summed E-state index contributed by atoms with van der Waals surface area (Å²) in [5.74, 6) is 0.420. The van der Waals surface area contributed by atoms with E-state index in [1.807, 2.05) is 6.92 Å². The summed E-state index contributed by atoms with van der Waals surface area (Å²) in [4.78, 5) is 20.4. The first-order valence-electron chi connectivity index (χ1n) is 6.20. The molecule has 2 heterocycles. The molecule has 0 aliphatic carbocycles. The van der Waals surface area contributed by atoms with Gasteiger partial charge in [0.05, 0.1) is 12.5 Å². The van der Waals surface area contributed by atoms with Gasteiger partial charge in [-0.25, -0.2) is 4.98 Å². The monoisotopic (exact) mass is 284 g/mol. The van der Waals surface area contributed by atoms with E-state index in [-0.39, 0.29) is 22.4 Å². The molecular formula is C12H17ClN4O2. The number of aromatic nitrogens is 2. The Morgan fingerprint density at radius 3 is 3.00 bits per heavy atom. The van der Waals surface area contributed by atoms with E-state index in [0.717, 1.165) is 19.4 Å². The Morgan fingerprint density at radius 2 is 2.42 bits per heavy atom. The highest BCUT2D eigenvalue weighted by Gasteiger charge is 2.39. The maximum atomic E-state index is 12.4. The molecule has 1 aromatic heterocycles. The van der Waals surface area contributed by atoms with Crippen LogP contribution in [-0.4, -0.2) is 36.1 Å². The van der Waals surface area contributed by atoms with E-state index in [9.17, 15) is 4.79 Å². The van der Waals surface area contributed by atoms with Crippen LogP contribution in [-0.2, 0) is 4.79 Å². The Hall–Kier alpha value is -1.40. The summed E-state index contributed by atoms with van der Waals surface area (Å²) in [7, 11) is 1.48. The van der Waals surface area contributed by atoms with Crippen molar-refractivity contribution in [3.8, 4) is 5.88 Å². The number of methoxy groups -OCH3 is 1. The fourth-order valence-electron chi connectivity index (χ4n) is 2.19. The van der Waals surface area contributed by atoms with Crippen molar-refractivity contribution in [2.75, 3.05) is 25.5 Å². The molecule has 1 atom stereocenters. The summed E-state index contributed by atoms with van der Waals surface area (Å²) < 4.78 is 4.99. The van der Waals surface area contributed by atoms with E-state index in [1.54, 1.807) is 0 Å². The lowest BCUT2D eigenvalue weighted by atomic mass is 9.83. The summed E-state index contributed by atoms with van der Waals surface area (Å²) in [6, 6.07) is 1.49. The SMILES string of the molecule is CCC1(C(=O)Nc2nc(Cl)cc(OC)n2)CCNC1. The predicted molar refractivity (Wildman–Crippen MR) is 72.4 cm³/mol. The maximum absolute atomic E-state index is 12.4. The zero-order chi connectivity index (χ0) is 13.9. The molecule has 19 heavy (non-hydrogen) atoms. The van der Waals surface area contributed by atoms with Crippen LogP contribution >= 0.6 is 11.6 Å². The molecule has 2 N–H and O–H groups in total. The average Bonchev–Trinajstić information content (AvgIpc) is 2.88. The third-order valence-corrected chi connectivity index (χ3v) is 3.70. The summed E-state index contributed by atoms with van der Waals surface area (Å²) in [5.41, 5.74) is -0.390. The highest BCUT2D eigenvalue weighted by atomic mass is 35.5. The van der Waals surface area contributed by atoms with Gasteiger partial charge in [0.1, 0.15) is 5.15 Å². The summed E-state index contributed by atoms with van der Waals surface area (Å²) in [5, 5.41) is 6.17. The summed E-state index contributed by atoms with van der Waals surface area (Å²) in [6.45, 7) is 3.53. The van der Waals surface area contributed by atoms with Crippen LogP contribution < -0.4 is 15.4 Å². The second-order valence-electron chi connectivity index (χ2n) is 4.57. The Bertz CT molecular complexity index is 475. The largest absolute Gasteiger partial charge is 0.481 e. The van der Waals surface area contributed by atoms with Crippen molar-refractivity contribution in [2.45, 2.75) is 19.8 Å². The molecule has 104 valence electrons. The molecule has 2 rings (SSSR count). The van der Waals surface area contributed by atoms with Crippen LogP contribution in [0.25, 0.3) is 0 Å². The molecule has 0 saturated carbocycles. The lowest BCUT2D eigenvalue weighted by molar-refractivity contribution is -0.124. The van der Waals surface area contributed by atoms with Gasteiger partial charge in [-0.15, -0.1) is 0 Å². The Labute approximate surface area is 116 Å². The first-order chi connectivity index (χ1) is 9.09. The Morgan fingerprint density at radius 1 is 1.63 bits per heavy atom. The zero-order valence-corrected chi connectivity index (χ0v) is 11.8. The molecule has 0 spiro atoms. The van der Waals surface area contributed by atoms with Crippen LogP contribution in [0, 0.1) is 5.41 Å². The van der Waals surface area contributed by atoms with Crippen LogP contribution in [0.5, 0.6) is 5.88 Å². The molecule has 1 amide bonds. The smallest absolute Gasteiger partial charge is 0.234 e. The first-order valence-corrected chi connectivity index (χ1v) is 6.58. The van der Waals surface area contributed by atoms with Crippen molar-refractivity contribution in [1.29, 1.82) is 0 Å². The highest BCUT2D eigenvalue weighted by Crippen LogP contribution is 2.30. The van der Waals surface area contributed by atoms with E-state index in [1.165, 1.54) is 13.2 Å². The number of hydrogen-bond acceptors (Lipinski definition) is 5. The second kappa shape index (κ2) is 5.71. The Balaban J connectivity index is 2.16. The fraction of sp³-hybridized carbons (Fsp3) is 0.583. The molecule has 1 aromatic rings. The van der Waals surface area contributed by atoms with Crippen molar-refractivity contribution in [2.24, 2.45) is 5.41 Å². The third-order valence-electron chi connectivity index (χ3n) is 3.51. The number of anilines is 1. The van der Waals surface area contributed by atoms with Gasteiger partial charge >= 0.3 is 0 Å². The lowest BCUT2D eigenvalue weighted by Crippen LogP contribution is -2.38. The predicted octanol–water partition coefficient (Wildman–Crippen LogP) is 1.47. The van der Waals surface area contributed by atoms with Crippen molar-refractivity contribution in [1.82, 2.24) is 15.3 Å². The molecule has 1 saturated heterocycles. The zero-order valence-electron chi connectivity index (χ0n) is 11.0. The maximum Gasteiger partial charge on any atom is 0.234 e. The first kappa shape index (κ1) is 14.0. The van der Waals surface area contributed by atoms with E-state index < -0.39 is 0 Å². The minimum absolute atomic E-state index is 0.0793. The third kappa shape index (κ3) is 2.96. The molecule has 1 aliphatic heterocycles. The molecule has 1 aliphatic rings. The average molecular weight is 285 g/mol. The van der Waals surface area contributed by atoms with Gasteiger partial charge in [0.15, 0.2) is 0 Å². The van der Waals surface area contributed by atoms with Gasteiger partial charge in [-0.05, 0) is 19.4 Å². The quantitative estimate of drug-likeness (QED) is 0.819. The van der Waals surface area contributed by atoms with Gasteiger partial charge in [-0.1, -0.05) is 18.5 Å². The summed E-state index contributed by atoms with van der Waals surface area (Å²) >= 11 is 5.85. The molecule has 0 aromatic carbocycles. The normalized spacial score (nSPS) is 22.3. The number of nitrogens with zero attached hydrogens (tertiary/aromatic N) is 2. The number of amides is 1. The minimum Gasteiger partial charge on any atom is -0.481 e. The van der Waals surface area contributed by atoms with Gasteiger partial charge in [0.25, 0.3) is 0 Å². The van der Waals surface area contributed by atoms with Crippen LogP contribution in [0.15, 0.2) is 6.07 Å². The van der Waals surface area contributed by atoms with Gasteiger partial charge < -0.3 is 10.1 Å². The van der Waals surface area contributed by atoms with E-state index in [2.05, 4.69) is 20.6 Å². The number of halogens is 1. The van der Waals surface area contributed by atoms with E-state index in [4.69, 9.17) is 16.3 Å².